The number of carbonyl (C=O) groups excluding carboxylic acids is 1. The third-order valence-corrected chi connectivity index (χ3v) is 5.37. The third kappa shape index (κ3) is 3.14. The molecule has 2 aromatic rings. The molecule has 4 nitrogen and oxygen atoms in total. The van der Waals surface area contributed by atoms with Crippen molar-refractivity contribution in [2.24, 2.45) is 0 Å². The zero-order valence-electron chi connectivity index (χ0n) is 14.5. The summed E-state index contributed by atoms with van der Waals surface area (Å²) >= 11 is 0. The van der Waals surface area contributed by atoms with E-state index in [1.807, 2.05) is 23.1 Å². The summed E-state index contributed by atoms with van der Waals surface area (Å²) in [5.41, 5.74) is 3.00. The van der Waals surface area contributed by atoms with Gasteiger partial charge in [0.2, 0.25) is 0 Å². The monoisotopic (exact) mass is 335 g/mol. The second-order valence-corrected chi connectivity index (χ2v) is 7.02. The lowest BCUT2D eigenvalue weighted by molar-refractivity contribution is -0.124. The van der Waals surface area contributed by atoms with Gasteiger partial charge >= 0.3 is 0 Å². The smallest absolute Gasteiger partial charge is 0.252 e. The van der Waals surface area contributed by atoms with Gasteiger partial charge in [-0.3, -0.25) is 4.79 Å². The molecule has 0 aliphatic carbocycles. The van der Waals surface area contributed by atoms with Crippen LogP contribution < -0.4 is 15.5 Å². The quantitative estimate of drug-likeness (QED) is 0.902. The molecule has 1 fully saturated rings. The maximum absolute atomic E-state index is 13.3. The van der Waals surface area contributed by atoms with E-state index in [1.165, 1.54) is 5.56 Å². The molecule has 2 aliphatic rings. The number of amides is 1. The summed E-state index contributed by atoms with van der Waals surface area (Å²) in [6.45, 7) is 2.54. The Morgan fingerprint density at radius 3 is 2.48 bits per heavy atom. The zero-order chi connectivity index (χ0) is 17.1. The van der Waals surface area contributed by atoms with E-state index >= 15 is 0 Å². The molecular formula is C21H25N3O. The van der Waals surface area contributed by atoms with Crippen LogP contribution in [-0.2, 0) is 11.2 Å². The standard InChI is InChI=1S/C21H25N3O/c25-20-21(12-14-22-15-13-21)23-18-10-4-5-11-19(18)24(20)16-6-9-17-7-2-1-3-8-17/h1-5,7-8,10-11,22-23H,6,9,12-16H2. The molecule has 25 heavy (non-hydrogen) atoms. The van der Waals surface area contributed by atoms with Crippen LogP contribution in [0.15, 0.2) is 54.6 Å². The highest BCUT2D eigenvalue weighted by atomic mass is 16.2. The number of piperidine rings is 1. The molecule has 0 aromatic heterocycles. The van der Waals surface area contributed by atoms with Gasteiger partial charge in [-0.2, -0.15) is 0 Å². The highest BCUT2D eigenvalue weighted by Crippen LogP contribution is 2.39. The van der Waals surface area contributed by atoms with Crippen LogP contribution in [0.3, 0.4) is 0 Å². The highest BCUT2D eigenvalue weighted by molar-refractivity contribution is 6.08. The molecule has 130 valence electrons. The van der Waals surface area contributed by atoms with E-state index in [0.29, 0.717) is 0 Å². The zero-order valence-corrected chi connectivity index (χ0v) is 14.5. The molecule has 2 aliphatic heterocycles. The fourth-order valence-corrected chi connectivity index (χ4v) is 3.99. The molecule has 0 bridgehead atoms. The van der Waals surface area contributed by atoms with Crippen LogP contribution in [0.2, 0.25) is 0 Å². The molecule has 2 aromatic carbocycles. The average molecular weight is 335 g/mol. The van der Waals surface area contributed by atoms with Crippen molar-refractivity contribution in [3.05, 3.63) is 60.2 Å². The minimum atomic E-state index is -0.438. The van der Waals surface area contributed by atoms with Crippen molar-refractivity contribution in [2.45, 2.75) is 31.2 Å². The van der Waals surface area contributed by atoms with E-state index in [9.17, 15) is 4.79 Å². The molecule has 1 amide bonds. The number of carbonyl (C=O) groups is 1. The number of anilines is 2. The van der Waals surface area contributed by atoms with Gasteiger partial charge in [0.1, 0.15) is 5.54 Å². The van der Waals surface area contributed by atoms with E-state index in [4.69, 9.17) is 0 Å². The second-order valence-electron chi connectivity index (χ2n) is 7.02. The first-order valence-corrected chi connectivity index (χ1v) is 9.22. The van der Waals surface area contributed by atoms with E-state index in [2.05, 4.69) is 47.0 Å². The van der Waals surface area contributed by atoms with Crippen molar-refractivity contribution in [3.63, 3.8) is 0 Å². The number of nitrogens with zero attached hydrogens (tertiary/aromatic N) is 1. The van der Waals surface area contributed by atoms with E-state index in [1.54, 1.807) is 0 Å². The molecule has 4 heteroatoms. The van der Waals surface area contributed by atoms with E-state index in [-0.39, 0.29) is 5.91 Å². The summed E-state index contributed by atoms with van der Waals surface area (Å²) in [5.74, 6) is 0.237. The first-order valence-electron chi connectivity index (χ1n) is 9.22. The predicted octanol–water partition coefficient (Wildman–Crippen LogP) is 3.20. The number of fused-ring (bicyclic) bond motifs is 1. The van der Waals surface area contributed by atoms with Crippen LogP contribution in [0.25, 0.3) is 0 Å². The van der Waals surface area contributed by atoms with Gasteiger partial charge in [0.05, 0.1) is 11.4 Å². The Morgan fingerprint density at radius 1 is 0.960 bits per heavy atom. The minimum absolute atomic E-state index is 0.237. The number of benzene rings is 2. The number of aryl methyl sites for hydroxylation is 1. The SMILES string of the molecule is O=C1N(CCCc2ccccc2)c2ccccc2NC12CCNCC2. The van der Waals surface area contributed by atoms with Crippen molar-refractivity contribution in [3.8, 4) is 0 Å². The first-order chi connectivity index (χ1) is 12.3. The van der Waals surface area contributed by atoms with Crippen molar-refractivity contribution in [2.75, 3.05) is 29.9 Å². The Bertz CT molecular complexity index is 738. The highest BCUT2D eigenvalue weighted by Gasteiger charge is 2.46. The number of hydrogen-bond acceptors (Lipinski definition) is 3. The van der Waals surface area contributed by atoms with Crippen LogP contribution in [-0.4, -0.2) is 31.1 Å². The van der Waals surface area contributed by atoms with Crippen molar-refractivity contribution in [1.29, 1.82) is 0 Å². The molecule has 0 radical (unpaired) electrons. The van der Waals surface area contributed by atoms with Crippen LogP contribution in [0.5, 0.6) is 0 Å². The van der Waals surface area contributed by atoms with Gasteiger partial charge < -0.3 is 15.5 Å². The van der Waals surface area contributed by atoms with Gasteiger partial charge in [0.25, 0.3) is 5.91 Å². The minimum Gasteiger partial charge on any atom is -0.369 e. The van der Waals surface area contributed by atoms with Crippen LogP contribution in [0.4, 0.5) is 11.4 Å². The van der Waals surface area contributed by atoms with Crippen molar-refractivity contribution < 1.29 is 4.79 Å². The Kier molecular flexibility index (Phi) is 4.45. The number of rotatable bonds is 4. The largest absolute Gasteiger partial charge is 0.369 e. The molecule has 4 rings (SSSR count). The average Bonchev–Trinajstić information content (AvgIpc) is 2.66. The predicted molar refractivity (Wildman–Crippen MR) is 102 cm³/mol. The van der Waals surface area contributed by atoms with Gasteiger partial charge in [-0.25, -0.2) is 0 Å². The summed E-state index contributed by atoms with van der Waals surface area (Å²) < 4.78 is 0. The Balaban J connectivity index is 1.55. The number of hydrogen-bond donors (Lipinski definition) is 2. The molecule has 2 heterocycles. The van der Waals surface area contributed by atoms with Gasteiger partial charge in [-0.05, 0) is 56.5 Å². The topological polar surface area (TPSA) is 44.4 Å². The summed E-state index contributed by atoms with van der Waals surface area (Å²) in [7, 11) is 0. The fourth-order valence-electron chi connectivity index (χ4n) is 3.99. The lowest BCUT2D eigenvalue weighted by Crippen LogP contribution is -2.61. The Morgan fingerprint density at radius 2 is 1.68 bits per heavy atom. The molecule has 1 saturated heterocycles. The second kappa shape index (κ2) is 6.89. The maximum atomic E-state index is 13.3. The lowest BCUT2D eigenvalue weighted by Gasteiger charge is -2.46. The van der Waals surface area contributed by atoms with Gasteiger partial charge in [0.15, 0.2) is 0 Å². The number of nitrogens with one attached hydrogen (secondary N) is 2. The summed E-state index contributed by atoms with van der Waals surface area (Å²) in [6.07, 6.45) is 3.65. The van der Waals surface area contributed by atoms with Crippen molar-refractivity contribution >= 4 is 17.3 Å². The molecular weight excluding hydrogens is 310 g/mol. The van der Waals surface area contributed by atoms with Gasteiger partial charge in [-0.1, -0.05) is 42.5 Å². The maximum Gasteiger partial charge on any atom is 0.252 e. The Labute approximate surface area is 149 Å². The lowest BCUT2D eigenvalue weighted by atomic mass is 9.84. The molecule has 2 N–H and O–H groups in total. The fraction of sp³-hybridized carbons (Fsp3) is 0.381. The van der Waals surface area contributed by atoms with Crippen LogP contribution in [0.1, 0.15) is 24.8 Å². The summed E-state index contributed by atoms with van der Waals surface area (Å²) in [4.78, 5) is 15.4. The van der Waals surface area contributed by atoms with Gasteiger partial charge in [0, 0.05) is 6.54 Å². The van der Waals surface area contributed by atoms with Crippen molar-refractivity contribution in [1.82, 2.24) is 5.32 Å². The summed E-state index contributed by atoms with van der Waals surface area (Å²) in [5, 5.41) is 6.94. The third-order valence-electron chi connectivity index (χ3n) is 5.37. The molecule has 1 spiro atoms. The Hall–Kier alpha value is -2.33. The molecule has 0 atom stereocenters. The van der Waals surface area contributed by atoms with Gasteiger partial charge in [-0.15, -0.1) is 0 Å². The van der Waals surface area contributed by atoms with E-state index in [0.717, 1.165) is 56.7 Å². The van der Waals surface area contributed by atoms with Crippen LogP contribution >= 0.6 is 0 Å². The van der Waals surface area contributed by atoms with E-state index < -0.39 is 5.54 Å². The normalized spacial score (nSPS) is 18.7. The molecule has 0 saturated carbocycles. The molecule has 0 unspecified atom stereocenters. The first kappa shape index (κ1) is 16.2. The summed E-state index contributed by atoms with van der Waals surface area (Å²) in [6, 6.07) is 18.7. The number of para-hydroxylation sites is 2. The van der Waals surface area contributed by atoms with Crippen LogP contribution in [0, 0.1) is 0 Å².